The zero-order valence-corrected chi connectivity index (χ0v) is 9.45. The highest BCUT2D eigenvalue weighted by atomic mass is 16.6. The van der Waals surface area contributed by atoms with E-state index in [9.17, 15) is 9.59 Å². The van der Waals surface area contributed by atoms with E-state index in [0.717, 1.165) is 13.0 Å². The minimum Gasteiger partial charge on any atom is -0.379 e. The summed E-state index contributed by atoms with van der Waals surface area (Å²) in [4.78, 5) is 22.6. The quantitative estimate of drug-likeness (QED) is 0.401. The van der Waals surface area contributed by atoms with Gasteiger partial charge in [-0.15, -0.1) is 0 Å². The van der Waals surface area contributed by atoms with Gasteiger partial charge in [0, 0.05) is 13.0 Å². The Kier molecular flexibility index (Phi) is 3.25. The van der Waals surface area contributed by atoms with E-state index in [-0.39, 0.29) is 17.9 Å². The molecule has 0 saturated carbocycles. The fraction of sp³-hybridized carbons (Fsp3) is 0.818. The van der Waals surface area contributed by atoms with Crippen LogP contribution in [0.15, 0.2) is 0 Å². The summed E-state index contributed by atoms with van der Waals surface area (Å²) < 4.78 is 10.4. The highest BCUT2D eigenvalue weighted by molar-refractivity contribution is 6.05. The fourth-order valence-electron chi connectivity index (χ4n) is 1.90. The number of hydrogen-bond acceptors (Lipinski definition) is 4. The van der Waals surface area contributed by atoms with Gasteiger partial charge in [0.25, 0.3) is 0 Å². The van der Waals surface area contributed by atoms with E-state index >= 15 is 0 Å². The van der Waals surface area contributed by atoms with Crippen LogP contribution in [0.25, 0.3) is 0 Å². The molecule has 0 aromatic heterocycles. The summed E-state index contributed by atoms with van der Waals surface area (Å²) >= 11 is 0. The van der Waals surface area contributed by atoms with Crippen molar-refractivity contribution in [1.82, 2.24) is 5.32 Å². The number of rotatable bonds is 6. The molecule has 2 unspecified atom stereocenters. The Morgan fingerprint density at radius 1 is 1.56 bits per heavy atom. The highest BCUT2D eigenvalue weighted by Crippen LogP contribution is 2.31. The summed E-state index contributed by atoms with van der Waals surface area (Å²) in [7, 11) is 0. The summed E-state index contributed by atoms with van der Waals surface area (Å²) in [6.07, 6.45) is 2.07. The molecule has 2 fully saturated rings. The molecule has 2 heterocycles. The van der Waals surface area contributed by atoms with Crippen LogP contribution in [0.5, 0.6) is 0 Å². The molecule has 90 valence electrons. The molecular formula is C11H17NO4. The number of ether oxygens (including phenoxy) is 2. The average Bonchev–Trinajstić information content (AvgIpc) is 2.96. The molecule has 2 rings (SSSR count). The smallest absolute Gasteiger partial charge is 0.233 e. The van der Waals surface area contributed by atoms with Gasteiger partial charge in [-0.2, -0.15) is 0 Å². The van der Waals surface area contributed by atoms with Crippen LogP contribution in [0.3, 0.4) is 0 Å². The zero-order chi connectivity index (χ0) is 11.6. The molecule has 1 N–H and O–H groups in total. The third-order valence-corrected chi connectivity index (χ3v) is 3.08. The van der Waals surface area contributed by atoms with Crippen LogP contribution in [-0.2, 0) is 19.1 Å². The third kappa shape index (κ3) is 2.80. The van der Waals surface area contributed by atoms with Crippen LogP contribution in [-0.4, -0.2) is 37.7 Å². The predicted octanol–water partition coefficient (Wildman–Crippen LogP) is 0.235. The van der Waals surface area contributed by atoms with E-state index in [2.05, 4.69) is 5.32 Å². The minimum atomic E-state index is -0.531. The third-order valence-electron chi connectivity index (χ3n) is 3.08. The van der Waals surface area contributed by atoms with Crippen molar-refractivity contribution in [2.45, 2.75) is 32.3 Å². The van der Waals surface area contributed by atoms with Crippen molar-refractivity contribution >= 4 is 11.8 Å². The lowest BCUT2D eigenvalue weighted by Gasteiger charge is -2.18. The summed E-state index contributed by atoms with van der Waals surface area (Å²) in [5.41, 5.74) is -0.531. The Hall–Kier alpha value is -0.940. The van der Waals surface area contributed by atoms with Crippen LogP contribution in [0, 0.1) is 5.41 Å². The Morgan fingerprint density at radius 3 is 2.88 bits per heavy atom. The molecule has 2 aliphatic heterocycles. The van der Waals surface area contributed by atoms with Gasteiger partial charge in [-0.1, -0.05) is 6.92 Å². The Morgan fingerprint density at radius 2 is 2.31 bits per heavy atom. The van der Waals surface area contributed by atoms with Crippen LogP contribution in [0.2, 0.25) is 0 Å². The number of imide groups is 1. The van der Waals surface area contributed by atoms with Crippen LogP contribution in [0.1, 0.15) is 26.2 Å². The lowest BCUT2D eigenvalue weighted by Crippen LogP contribution is -2.29. The minimum absolute atomic E-state index is 0.150. The summed E-state index contributed by atoms with van der Waals surface area (Å²) in [5, 5.41) is 2.34. The van der Waals surface area contributed by atoms with Crippen LogP contribution < -0.4 is 5.32 Å². The maximum Gasteiger partial charge on any atom is 0.233 e. The van der Waals surface area contributed by atoms with Crippen molar-refractivity contribution in [2.24, 2.45) is 5.41 Å². The van der Waals surface area contributed by atoms with Crippen molar-refractivity contribution in [1.29, 1.82) is 0 Å². The van der Waals surface area contributed by atoms with Gasteiger partial charge in [0.1, 0.15) is 6.10 Å². The largest absolute Gasteiger partial charge is 0.379 e. The first-order valence-electron chi connectivity index (χ1n) is 5.64. The summed E-state index contributed by atoms with van der Waals surface area (Å²) in [5.74, 6) is -0.317. The Bertz CT molecular complexity index is 300. The molecule has 5 nitrogen and oxygen atoms in total. The summed E-state index contributed by atoms with van der Waals surface area (Å²) in [6, 6.07) is 0. The molecule has 2 amide bonds. The van der Waals surface area contributed by atoms with Gasteiger partial charge < -0.3 is 9.47 Å². The van der Waals surface area contributed by atoms with Gasteiger partial charge in [-0.3, -0.25) is 14.9 Å². The first kappa shape index (κ1) is 11.5. The van der Waals surface area contributed by atoms with Crippen molar-refractivity contribution < 1.29 is 19.1 Å². The highest BCUT2D eigenvalue weighted by Gasteiger charge is 2.41. The lowest BCUT2D eigenvalue weighted by atomic mass is 9.84. The van der Waals surface area contributed by atoms with Gasteiger partial charge in [0.2, 0.25) is 11.8 Å². The SMILES string of the molecule is CC1(CCCOCC2CO2)CC(=O)NC1=O. The number of epoxide rings is 1. The monoisotopic (exact) mass is 227 g/mol. The first-order valence-corrected chi connectivity index (χ1v) is 5.64. The number of carbonyl (C=O) groups is 2. The number of nitrogens with one attached hydrogen (secondary N) is 1. The molecule has 0 spiro atoms. The van der Waals surface area contributed by atoms with Crippen molar-refractivity contribution in [3.8, 4) is 0 Å². The van der Waals surface area contributed by atoms with Crippen molar-refractivity contribution in [3.63, 3.8) is 0 Å². The maximum absolute atomic E-state index is 11.5. The molecule has 16 heavy (non-hydrogen) atoms. The number of carbonyl (C=O) groups excluding carboxylic acids is 2. The van der Waals surface area contributed by atoms with E-state index in [1.165, 1.54) is 0 Å². The maximum atomic E-state index is 11.5. The topological polar surface area (TPSA) is 67.9 Å². The van der Waals surface area contributed by atoms with E-state index in [1.807, 2.05) is 6.92 Å². The second-order valence-corrected chi connectivity index (χ2v) is 4.75. The predicted molar refractivity (Wildman–Crippen MR) is 55.7 cm³/mol. The van der Waals surface area contributed by atoms with E-state index in [4.69, 9.17) is 9.47 Å². The van der Waals surface area contributed by atoms with Gasteiger partial charge in [-0.05, 0) is 12.8 Å². The Labute approximate surface area is 94.5 Å². The van der Waals surface area contributed by atoms with Gasteiger partial charge in [-0.25, -0.2) is 0 Å². The second kappa shape index (κ2) is 4.51. The van der Waals surface area contributed by atoms with Crippen LogP contribution in [0.4, 0.5) is 0 Å². The first-order chi connectivity index (χ1) is 7.60. The standard InChI is InChI=1S/C11H17NO4/c1-11(5-9(13)12-10(11)14)3-2-4-15-6-8-7-16-8/h8H,2-7H2,1H3,(H,12,13,14). The van der Waals surface area contributed by atoms with Gasteiger partial charge in [0.15, 0.2) is 0 Å². The van der Waals surface area contributed by atoms with Crippen LogP contribution >= 0.6 is 0 Å². The molecule has 0 radical (unpaired) electrons. The molecule has 2 saturated heterocycles. The summed E-state index contributed by atoms with van der Waals surface area (Å²) in [6.45, 7) is 3.89. The van der Waals surface area contributed by atoms with Crippen molar-refractivity contribution in [3.05, 3.63) is 0 Å². The molecule has 2 atom stereocenters. The molecule has 0 aliphatic carbocycles. The van der Waals surface area contributed by atoms with Gasteiger partial charge >= 0.3 is 0 Å². The molecular weight excluding hydrogens is 210 g/mol. The molecule has 2 aliphatic rings. The van der Waals surface area contributed by atoms with Crippen molar-refractivity contribution in [2.75, 3.05) is 19.8 Å². The molecule has 5 heteroatoms. The molecule has 0 aromatic carbocycles. The number of amides is 2. The van der Waals surface area contributed by atoms with E-state index < -0.39 is 5.41 Å². The number of hydrogen-bond donors (Lipinski definition) is 1. The van der Waals surface area contributed by atoms with E-state index in [1.54, 1.807) is 0 Å². The molecule has 0 aromatic rings. The second-order valence-electron chi connectivity index (χ2n) is 4.75. The van der Waals surface area contributed by atoms with E-state index in [0.29, 0.717) is 26.1 Å². The molecule has 0 bridgehead atoms. The normalized spacial score (nSPS) is 32.9. The zero-order valence-electron chi connectivity index (χ0n) is 9.45. The van der Waals surface area contributed by atoms with Gasteiger partial charge in [0.05, 0.1) is 18.6 Å². The average molecular weight is 227 g/mol. The Balaban J connectivity index is 1.64. The fourth-order valence-corrected chi connectivity index (χ4v) is 1.90. The lowest BCUT2D eigenvalue weighted by molar-refractivity contribution is -0.128.